The van der Waals surface area contributed by atoms with Crippen LogP contribution in [0.2, 0.25) is 0 Å². The normalized spacial score (nSPS) is 11.9. The van der Waals surface area contributed by atoms with Crippen LogP contribution in [0.4, 0.5) is 0 Å². The van der Waals surface area contributed by atoms with E-state index in [2.05, 4.69) is 0 Å². The number of carboxylic acids is 3. The Bertz CT molecular complexity index is 270. The van der Waals surface area contributed by atoms with Crippen molar-refractivity contribution in [3.8, 4) is 0 Å². The Balaban J connectivity index is -0.000000244. The zero-order valence-corrected chi connectivity index (χ0v) is 10.9. The van der Waals surface area contributed by atoms with Crippen molar-refractivity contribution in [1.29, 1.82) is 0 Å². The van der Waals surface area contributed by atoms with Crippen LogP contribution >= 0.6 is 0 Å². The van der Waals surface area contributed by atoms with E-state index in [1.54, 1.807) is 0 Å². The summed E-state index contributed by atoms with van der Waals surface area (Å²) in [5.41, 5.74) is 0. The molecule has 10 heteroatoms. The summed E-state index contributed by atoms with van der Waals surface area (Å²) < 4.78 is 0. The molecule has 0 saturated heterocycles. The third-order valence-corrected chi connectivity index (χ3v) is 1.11. The van der Waals surface area contributed by atoms with Gasteiger partial charge in [0.2, 0.25) is 5.78 Å². The summed E-state index contributed by atoms with van der Waals surface area (Å²) >= 11 is 0. The molecule has 92 valence electrons. The van der Waals surface area contributed by atoms with Gasteiger partial charge in [-0.3, -0.25) is 4.79 Å². The minimum atomic E-state index is -2.27. The van der Waals surface area contributed by atoms with E-state index in [0.717, 1.165) is 6.92 Å². The molecule has 0 aromatic rings. The van der Waals surface area contributed by atoms with Crippen molar-refractivity contribution in [2.45, 2.75) is 19.1 Å². The van der Waals surface area contributed by atoms with Gasteiger partial charge in [-0.2, -0.15) is 0 Å². The van der Waals surface area contributed by atoms with Gasteiger partial charge >= 0.3 is 55.6 Å². The number of Topliss-reactive ketones (excluding diaryl/α,β-unsaturated/α-hetero) is 1. The Morgan fingerprint density at radius 1 is 0.824 bits per heavy atom. The van der Waals surface area contributed by atoms with Crippen LogP contribution in [0.1, 0.15) is 6.92 Å². The van der Waals surface area contributed by atoms with E-state index in [4.69, 9.17) is 25.5 Å². The minimum absolute atomic E-state index is 0. The largest absolute Gasteiger partial charge is 2.00 e. The van der Waals surface area contributed by atoms with Gasteiger partial charge in [0.15, 0.2) is 12.2 Å². The third kappa shape index (κ3) is 11.5. The summed E-state index contributed by atoms with van der Waals surface area (Å²) in [6.07, 6.45) is -4.53. The second-order valence-electron chi connectivity index (χ2n) is 2.43. The average molecular weight is 278 g/mol. The molecule has 17 heavy (non-hydrogen) atoms. The van der Waals surface area contributed by atoms with Gasteiger partial charge in [-0.25, -0.2) is 14.4 Å². The second-order valence-corrected chi connectivity index (χ2v) is 2.43. The molecule has 0 amide bonds. The van der Waals surface area contributed by atoms with Crippen molar-refractivity contribution >= 4 is 61.4 Å². The van der Waals surface area contributed by atoms with Gasteiger partial charge in [0, 0.05) is 6.92 Å². The van der Waals surface area contributed by atoms with Crippen LogP contribution in [0.15, 0.2) is 0 Å². The monoisotopic (exact) mass is 278 g/mol. The van der Waals surface area contributed by atoms with Crippen molar-refractivity contribution in [2.75, 3.05) is 0 Å². The summed E-state index contributed by atoms with van der Waals surface area (Å²) in [4.78, 5) is 38.4. The molecule has 2 unspecified atom stereocenters. The molecule has 0 aromatic heterocycles. The Kier molecular flexibility index (Phi) is 13.2. The van der Waals surface area contributed by atoms with E-state index < -0.39 is 35.9 Å². The maximum absolute atomic E-state index is 9.77. The van der Waals surface area contributed by atoms with Crippen molar-refractivity contribution in [2.24, 2.45) is 0 Å². The Hall–Kier alpha value is -0.740. The van der Waals surface area contributed by atoms with Crippen LogP contribution in [0.3, 0.4) is 0 Å². The van der Waals surface area contributed by atoms with Crippen molar-refractivity contribution in [3.05, 3.63) is 0 Å². The number of hydrogen-bond donors (Lipinski definition) is 5. The van der Waals surface area contributed by atoms with Gasteiger partial charge in [0.25, 0.3) is 0 Å². The van der Waals surface area contributed by atoms with E-state index in [1.807, 2.05) is 0 Å². The third-order valence-electron chi connectivity index (χ3n) is 1.11. The van der Waals surface area contributed by atoms with Crippen LogP contribution in [0, 0.1) is 0 Å². The maximum Gasteiger partial charge on any atom is 2.00 e. The van der Waals surface area contributed by atoms with E-state index in [-0.39, 0.29) is 37.7 Å². The second kappa shape index (κ2) is 10.4. The number of aliphatic hydroxyl groups excluding tert-OH is 2. The summed E-state index contributed by atoms with van der Waals surface area (Å²) in [5, 5.41) is 40.2. The first-order chi connectivity index (χ1) is 7.11. The predicted molar refractivity (Wildman–Crippen MR) is 51.4 cm³/mol. The van der Waals surface area contributed by atoms with Gasteiger partial charge in [-0.05, 0) is 0 Å². The molecular formula is C7H10CaO9+2. The van der Waals surface area contributed by atoms with Gasteiger partial charge in [-0.15, -0.1) is 0 Å². The molecule has 0 saturated carbocycles. The molecule has 0 radical (unpaired) electrons. The van der Waals surface area contributed by atoms with E-state index >= 15 is 0 Å². The van der Waals surface area contributed by atoms with Gasteiger partial charge < -0.3 is 25.5 Å². The molecule has 2 atom stereocenters. The van der Waals surface area contributed by atoms with Gasteiger partial charge in [-0.1, -0.05) is 0 Å². The first-order valence-electron chi connectivity index (χ1n) is 3.66. The van der Waals surface area contributed by atoms with E-state index in [0.29, 0.717) is 0 Å². The molecule has 0 aliphatic rings. The number of ketones is 1. The molecule has 0 fully saturated rings. The number of rotatable bonds is 4. The Labute approximate surface area is 125 Å². The summed E-state index contributed by atoms with van der Waals surface area (Å²) in [6.45, 7) is 1.00. The first-order valence-corrected chi connectivity index (χ1v) is 3.66. The fourth-order valence-corrected chi connectivity index (χ4v) is 0.270. The fourth-order valence-electron chi connectivity index (χ4n) is 0.270. The molecule has 0 rings (SSSR count). The quantitative estimate of drug-likeness (QED) is 0.268. The zero-order chi connectivity index (χ0) is 13.5. The van der Waals surface area contributed by atoms with Crippen molar-refractivity contribution < 1.29 is 44.7 Å². The molecule has 0 aliphatic carbocycles. The van der Waals surface area contributed by atoms with Gasteiger partial charge in [0.05, 0.1) is 0 Å². The minimum Gasteiger partial charge on any atom is -0.479 e. The van der Waals surface area contributed by atoms with Crippen molar-refractivity contribution in [1.82, 2.24) is 0 Å². The van der Waals surface area contributed by atoms with Crippen LogP contribution in [-0.2, 0) is 19.2 Å². The van der Waals surface area contributed by atoms with Crippen molar-refractivity contribution in [3.63, 3.8) is 0 Å². The smallest absolute Gasteiger partial charge is 0.479 e. The van der Waals surface area contributed by atoms with Crippen LogP contribution in [0.25, 0.3) is 0 Å². The van der Waals surface area contributed by atoms with Crippen LogP contribution < -0.4 is 0 Å². The standard InChI is InChI=1S/C4H6O6.C3H4O3.Ca/c5-1(3(7)8)2(6)4(9)10;1-2(4)3(5)6;/h1-2,5-6H,(H,7,8)(H,9,10);1H3,(H,5,6);/q;;+2. The molecule has 0 aliphatic heterocycles. The SMILES string of the molecule is CC(=O)C(=O)O.O=C(O)C(O)C(O)C(=O)O.[Ca+2]. The molecular weight excluding hydrogens is 268 g/mol. The fraction of sp³-hybridized carbons (Fsp3) is 0.429. The van der Waals surface area contributed by atoms with E-state index in [9.17, 15) is 19.2 Å². The average Bonchev–Trinajstić information content (AvgIpc) is 2.15. The molecule has 0 heterocycles. The number of carboxylic acid groups (broad SMARTS) is 3. The number of aliphatic hydroxyl groups is 2. The summed E-state index contributed by atoms with van der Waals surface area (Å²) in [7, 11) is 0. The Morgan fingerprint density at radius 2 is 1.00 bits per heavy atom. The molecule has 0 spiro atoms. The predicted octanol–water partition coefficient (Wildman–Crippen LogP) is -2.84. The zero-order valence-electron chi connectivity index (χ0n) is 8.73. The first kappa shape index (κ1) is 21.5. The number of aliphatic carboxylic acids is 3. The topological polar surface area (TPSA) is 169 Å². The molecule has 5 N–H and O–H groups in total. The molecule has 0 aromatic carbocycles. The van der Waals surface area contributed by atoms with Crippen LogP contribution in [-0.4, -0.2) is 99.2 Å². The van der Waals surface area contributed by atoms with Crippen LogP contribution in [0.5, 0.6) is 0 Å². The number of hydrogen-bond acceptors (Lipinski definition) is 6. The van der Waals surface area contributed by atoms with E-state index in [1.165, 1.54) is 0 Å². The van der Waals surface area contributed by atoms with Gasteiger partial charge in [0.1, 0.15) is 0 Å². The molecule has 9 nitrogen and oxygen atoms in total. The Morgan fingerprint density at radius 3 is 1.06 bits per heavy atom. The number of carbonyl (C=O) groups is 4. The number of carbonyl (C=O) groups excluding carboxylic acids is 1. The molecule has 0 bridgehead atoms. The maximum atomic E-state index is 9.77. The summed E-state index contributed by atoms with van der Waals surface area (Å²) in [6, 6.07) is 0. The summed E-state index contributed by atoms with van der Waals surface area (Å²) in [5.74, 6) is -5.74.